The first-order chi connectivity index (χ1) is 7.79. The first kappa shape index (κ1) is 14.2. The smallest absolute Gasteiger partial charge is 0.147 e. The van der Waals surface area contributed by atoms with E-state index in [1.54, 1.807) is 0 Å². The maximum Gasteiger partial charge on any atom is 0.147 e. The number of hydrogen-bond donors (Lipinski definition) is 1. The Hall–Kier alpha value is -0.870. The van der Waals surface area contributed by atoms with Gasteiger partial charge in [0.1, 0.15) is 9.84 Å². The highest BCUT2D eigenvalue weighted by atomic mass is 32.2. The molecule has 1 unspecified atom stereocenters. The van der Waals surface area contributed by atoms with Gasteiger partial charge in [0.15, 0.2) is 0 Å². The molecule has 0 saturated heterocycles. The van der Waals surface area contributed by atoms with Crippen LogP contribution in [0.4, 0.5) is 0 Å². The summed E-state index contributed by atoms with van der Waals surface area (Å²) in [6.45, 7) is 1.97. The number of benzene rings is 1. The molecule has 0 heterocycles. The Morgan fingerprint density at radius 1 is 1.24 bits per heavy atom. The summed E-state index contributed by atoms with van der Waals surface area (Å²) in [7, 11) is -2.87. The Kier molecular flexibility index (Phi) is 4.71. The summed E-state index contributed by atoms with van der Waals surface area (Å²) in [4.78, 5) is 0. The highest BCUT2D eigenvalue weighted by Gasteiger charge is 2.19. The monoisotopic (exact) mass is 255 g/mol. The highest BCUT2D eigenvalue weighted by molar-refractivity contribution is 7.90. The lowest BCUT2D eigenvalue weighted by atomic mass is 9.90. The maximum absolute atomic E-state index is 11.0. The first-order valence-corrected chi connectivity index (χ1v) is 7.85. The molecule has 0 fully saturated rings. The van der Waals surface area contributed by atoms with E-state index in [1.165, 1.54) is 11.8 Å². The topological polar surface area (TPSA) is 60.2 Å². The lowest BCUT2D eigenvalue weighted by Gasteiger charge is -2.24. The van der Waals surface area contributed by atoms with Crippen molar-refractivity contribution in [1.82, 2.24) is 0 Å². The van der Waals surface area contributed by atoms with E-state index in [2.05, 4.69) is 0 Å². The third kappa shape index (κ3) is 6.44. The zero-order valence-electron chi connectivity index (χ0n) is 10.5. The molecule has 1 aromatic carbocycles. The average Bonchev–Trinajstić information content (AvgIpc) is 2.15. The van der Waals surface area contributed by atoms with Gasteiger partial charge in [-0.15, -0.1) is 0 Å². The van der Waals surface area contributed by atoms with Gasteiger partial charge in [-0.1, -0.05) is 30.3 Å². The predicted molar refractivity (Wildman–Crippen MR) is 71.7 cm³/mol. The minimum absolute atomic E-state index is 0.217. The fourth-order valence-electron chi connectivity index (χ4n) is 1.89. The maximum atomic E-state index is 11.0. The van der Waals surface area contributed by atoms with E-state index in [0.29, 0.717) is 6.42 Å². The van der Waals surface area contributed by atoms with Gasteiger partial charge in [0.25, 0.3) is 0 Å². The van der Waals surface area contributed by atoms with Crippen molar-refractivity contribution in [2.24, 2.45) is 5.73 Å². The number of hydrogen-bond acceptors (Lipinski definition) is 3. The van der Waals surface area contributed by atoms with Gasteiger partial charge in [0, 0.05) is 17.5 Å². The van der Waals surface area contributed by atoms with Crippen LogP contribution in [0.1, 0.15) is 25.3 Å². The first-order valence-electron chi connectivity index (χ1n) is 5.79. The van der Waals surface area contributed by atoms with Gasteiger partial charge in [0.05, 0.1) is 0 Å². The summed E-state index contributed by atoms with van der Waals surface area (Å²) >= 11 is 0. The van der Waals surface area contributed by atoms with Crippen molar-refractivity contribution < 1.29 is 8.42 Å². The number of sulfone groups is 1. The van der Waals surface area contributed by atoms with Crippen molar-refractivity contribution in [3.63, 3.8) is 0 Å². The van der Waals surface area contributed by atoms with Gasteiger partial charge < -0.3 is 5.73 Å². The summed E-state index contributed by atoms with van der Waals surface area (Å²) in [6.07, 6.45) is 3.38. The molecule has 1 aromatic rings. The van der Waals surface area contributed by atoms with E-state index in [1.807, 2.05) is 37.3 Å². The van der Waals surface area contributed by atoms with Crippen LogP contribution in [-0.4, -0.2) is 26.0 Å². The summed E-state index contributed by atoms with van der Waals surface area (Å²) in [5.41, 5.74) is 7.03. The van der Waals surface area contributed by atoms with Crippen LogP contribution in [0.3, 0.4) is 0 Å². The van der Waals surface area contributed by atoms with Crippen LogP contribution in [0.15, 0.2) is 30.3 Å². The second-order valence-corrected chi connectivity index (χ2v) is 7.31. The average molecular weight is 255 g/mol. The molecule has 0 aliphatic carbocycles. The molecule has 17 heavy (non-hydrogen) atoms. The molecule has 0 saturated carbocycles. The van der Waals surface area contributed by atoms with Crippen LogP contribution in [-0.2, 0) is 16.3 Å². The normalized spacial score (nSPS) is 15.5. The SMILES string of the molecule is CC(N)(CCCS(C)(=O)=O)Cc1ccccc1. The third-order valence-electron chi connectivity index (χ3n) is 2.71. The Morgan fingerprint density at radius 3 is 2.35 bits per heavy atom. The van der Waals surface area contributed by atoms with Crippen molar-refractivity contribution in [3.8, 4) is 0 Å². The fraction of sp³-hybridized carbons (Fsp3) is 0.538. The predicted octanol–water partition coefficient (Wildman–Crippen LogP) is 1.77. The Balaban J connectivity index is 2.46. The van der Waals surface area contributed by atoms with Crippen LogP contribution >= 0.6 is 0 Å². The lowest BCUT2D eigenvalue weighted by Crippen LogP contribution is -2.38. The van der Waals surface area contributed by atoms with Gasteiger partial charge >= 0.3 is 0 Å². The van der Waals surface area contributed by atoms with Gasteiger partial charge in [0.2, 0.25) is 0 Å². The van der Waals surface area contributed by atoms with Gasteiger partial charge in [-0.3, -0.25) is 0 Å². The van der Waals surface area contributed by atoms with Crippen molar-refractivity contribution >= 4 is 9.84 Å². The van der Waals surface area contributed by atoms with Crippen molar-refractivity contribution in [2.75, 3.05) is 12.0 Å². The lowest BCUT2D eigenvalue weighted by molar-refractivity contribution is 0.424. The van der Waals surface area contributed by atoms with Crippen LogP contribution in [0.5, 0.6) is 0 Å². The van der Waals surface area contributed by atoms with E-state index < -0.39 is 9.84 Å². The summed E-state index contributed by atoms with van der Waals surface area (Å²) < 4.78 is 22.1. The molecule has 4 heteroatoms. The van der Waals surface area contributed by atoms with Crippen LogP contribution in [0.25, 0.3) is 0 Å². The zero-order valence-corrected chi connectivity index (χ0v) is 11.3. The Bertz CT molecular complexity index is 438. The van der Waals surface area contributed by atoms with Crippen molar-refractivity contribution in [3.05, 3.63) is 35.9 Å². The van der Waals surface area contributed by atoms with Crippen LogP contribution in [0.2, 0.25) is 0 Å². The van der Waals surface area contributed by atoms with Crippen molar-refractivity contribution in [2.45, 2.75) is 31.7 Å². The van der Waals surface area contributed by atoms with E-state index in [4.69, 9.17) is 5.73 Å². The summed E-state index contributed by atoms with van der Waals surface area (Å²) in [6, 6.07) is 10.0. The third-order valence-corrected chi connectivity index (χ3v) is 3.74. The minimum Gasteiger partial charge on any atom is -0.325 e. The van der Waals surface area contributed by atoms with E-state index in [-0.39, 0.29) is 11.3 Å². The summed E-state index contributed by atoms with van der Waals surface area (Å²) in [5, 5.41) is 0. The molecule has 0 bridgehead atoms. The fourth-order valence-corrected chi connectivity index (χ4v) is 2.56. The molecule has 0 amide bonds. The standard InChI is InChI=1S/C13H21NO2S/c1-13(14,9-6-10-17(2,15)16)11-12-7-4-3-5-8-12/h3-5,7-8H,6,9-11,14H2,1-2H3. The molecule has 0 aliphatic heterocycles. The largest absolute Gasteiger partial charge is 0.325 e. The summed E-state index contributed by atoms with van der Waals surface area (Å²) in [5.74, 6) is 0.217. The van der Waals surface area contributed by atoms with Gasteiger partial charge in [-0.25, -0.2) is 8.42 Å². The second kappa shape index (κ2) is 5.65. The highest BCUT2D eigenvalue weighted by Crippen LogP contribution is 2.16. The van der Waals surface area contributed by atoms with Gasteiger partial charge in [-0.05, 0) is 31.7 Å². The molecule has 0 aliphatic rings. The molecule has 3 nitrogen and oxygen atoms in total. The Morgan fingerprint density at radius 2 is 1.82 bits per heavy atom. The quantitative estimate of drug-likeness (QED) is 0.842. The second-order valence-electron chi connectivity index (χ2n) is 5.05. The molecule has 0 aromatic heterocycles. The number of rotatable bonds is 6. The van der Waals surface area contributed by atoms with Gasteiger partial charge in [-0.2, -0.15) is 0 Å². The van der Waals surface area contributed by atoms with E-state index in [0.717, 1.165) is 12.8 Å². The molecular weight excluding hydrogens is 234 g/mol. The van der Waals surface area contributed by atoms with E-state index in [9.17, 15) is 8.42 Å². The molecular formula is C13H21NO2S. The van der Waals surface area contributed by atoms with Crippen LogP contribution < -0.4 is 5.73 Å². The molecule has 0 spiro atoms. The minimum atomic E-state index is -2.87. The van der Waals surface area contributed by atoms with Crippen LogP contribution in [0, 0.1) is 0 Å². The molecule has 2 N–H and O–H groups in total. The molecule has 0 radical (unpaired) electrons. The van der Waals surface area contributed by atoms with Crippen molar-refractivity contribution in [1.29, 1.82) is 0 Å². The molecule has 96 valence electrons. The zero-order chi connectivity index (χ0) is 12.9. The molecule has 1 atom stereocenters. The molecule has 1 rings (SSSR count). The van der Waals surface area contributed by atoms with E-state index >= 15 is 0 Å². The Labute approximate surface area is 104 Å². The number of nitrogens with two attached hydrogens (primary N) is 1.